The van der Waals surface area contributed by atoms with Gasteiger partial charge in [0.15, 0.2) is 6.04 Å². The molecule has 4 aromatic rings. The largest absolute Gasteiger partial charge is 0.479 e. The maximum absolute atomic E-state index is 12.6. The number of nitrogens with one attached hydrogen (secondary N) is 2. The number of hydrogen-bond acceptors (Lipinski definition) is 3. The fourth-order valence-electron chi connectivity index (χ4n) is 4.36. The van der Waals surface area contributed by atoms with Crippen molar-refractivity contribution in [3.8, 4) is 11.1 Å². The summed E-state index contributed by atoms with van der Waals surface area (Å²) in [5.74, 6) is -1.24. The molecule has 0 radical (unpaired) electrons. The second kappa shape index (κ2) is 7.65. The van der Waals surface area contributed by atoms with E-state index in [4.69, 9.17) is 4.74 Å². The molecule has 1 atom stereocenters. The SMILES string of the molecule is O=C(N[C@H](C(=O)O)c1c[nH]c2ccccc12)OCC1c2ccccc2-c2ccccc21. The number of fused-ring (bicyclic) bond motifs is 4. The number of alkyl carbamates (subject to hydrolysis) is 1. The van der Waals surface area contributed by atoms with Crippen LogP contribution in [0.3, 0.4) is 0 Å². The first kappa shape index (κ1) is 18.9. The van der Waals surface area contributed by atoms with Crippen molar-refractivity contribution in [1.29, 1.82) is 0 Å². The number of aliphatic carboxylic acids is 1. The second-order valence-corrected chi connectivity index (χ2v) is 7.53. The molecule has 1 aromatic heterocycles. The van der Waals surface area contributed by atoms with E-state index in [0.29, 0.717) is 5.56 Å². The van der Waals surface area contributed by atoms with E-state index in [1.54, 1.807) is 6.20 Å². The van der Waals surface area contributed by atoms with Gasteiger partial charge in [0.05, 0.1) is 0 Å². The Morgan fingerprint density at radius 1 is 0.935 bits per heavy atom. The number of para-hydroxylation sites is 1. The van der Waals surface area contributed by atoms with E-state index in [-0.39, 0.29) is 12.5 Å². The molecule has 0 bridgehead atoms. The van der Waals surface area contributed by atoms with Crippen LogP contribution in [0.5, 0.6) is 0 Å². The number of carboxylic acid groups (broad SMARTS) is 1. The van der Waals surface area contributed by atoms with Gasteiger partial charge in [-0.25, -0.2) is 9.59 Å². The summed E-state index contributed by atoms with van der Waals surface area (Å²) in [7, 11) is 0. The fourth-order valence-corrected chi connectivity index (χ4v) is 4.36. The molecule has 3 aromatic carbocycles. The molecule has 31 heavy (non-hydrogen) atoms. The summed E-state index contributed by atoms with van der Waals surface area (Å²) in [6.07, 6.45) is 0.840. The molecular formula is C25H20N2O4. The van der Waals surface area contributed by atoms with Crippen LogP contribution in [0.15, 0.2) is 79.0 Å². The van der Waals surface area contributed by atoms with Gasteiger partial charge in [0.25, 0.3) is 0 Å². The third-order valence-corrected chi connectivity index (χ3v) is 5.79. The predicted octanol–water partition coefficient (Wildman–Crippen LogP) is 4.83. The normalized spacial score (nSPS) is 13.4. The zero-order chi connectivity index (χ0) is 21.4. The summed E-state index contributed by atoms with van der Waals surface area (Å²) in [6, 6.07) is 22.2. The summed E-state index contributed by atoms with van der Waals surface area (Å²) >= 11 is 0. The van der Waals surface area contributed by atoms with Gasteiger partial charge < -0.3 is 20.1 Å². The summed E-state index contributed by atoms with van der Waals surface area (Å²) in [5.41, 5.74) is 5.75. The molecule has 6 nitrogen and oxygen atoms in total. The highest BCUT2D eigenvalue weighted by Crippen LogP contribution is 2.44. The number of H-pyrrole nitrogens is 1. The van der Waals surface area contributed by atoms with E-state index in [2.05, 4.69) is 22.4 Å². The van der Waals surface area contributed by atoms with Crippen LogP contribution in [0, 0.1) is 0 Å². The molecular weight excluding hydrogens is 392 g/mol. The maximum Gasteiger partial charge on any atom is 0.408 e. The first-order valence-corrected chi connectivity index (χ1v) is 10.0. The lowest BCUT2D eigenvalue weighted by atomic mass is 9.98. The van der Waals surface area contributed by atoms with Crippen LogP contribution < -0.4 is 5.32 Å². The molecule has 0 spiro atoms. The minimum absolute atomic E-state index is 0.0884. The van der Waals surface area contributed by atoms with Gasteiger partial charge in [0, 0.05) is 28.6 Å². The Kier molecular flexibility index (Phi) is 4.67. The van der Waals surface area contributed by atoms with E-state index >= 15 is 0 Å². The van der Waals surface area contributed by atoms with Gasteiger partial charge in [-0.3, -0.25) is 0 Å². The van der Waals surface area contributed by atoms with Crippen molar-refractivity contribution in [3.05, 3.63) is 95.7 Å². The molecule has 3 N–H and O–H groups in total. The van der Waals surface area contributed by atoms with Crippen LogP contribution in [-0.2, 0) is 9.53 Å². The van der Waals surface area contributed by atoms with E-state index in [1.807, 2.05) is 60.7 Å². The second-order valence-electron chi connectivity index (χ2n) is 7.53. The molecule has 1 aliphatic carbocycles. The molecule has 0 saturated heterocycles. The van der Waals surface area contributed by atoms with Crippen molar-refractivity contribution in [1.82, 2.24) is 10.3 Å². The number of aromatic amines is 1. The first-order chi connectivity index (χ1) is 15.1. The standard InChI is InChI=1S/C25H20N2O4/c28-24(29)23(20-13-26-22-12-6-5-11-19(20)22)27-25(30)31-14-21-17-9-3-1-7-15(17)16-8-2-4-10-18(16)21/h1-13,21,23,26H,14H2,(H,27,30)(H,28,29)/t23-/m0/s1. The number of benzene rings is 3. The molecule has 6 heteroatoms. The maximum atomic E-state index is 12.6. The van der Waals surface area contributed by atoms with E-state index in [9.17, 15) is 14.7 Å². The van der Waals surface area contributed by atoms with Crippen LogP contribution in [0.4, 0.5) is 4.79 Å². The number of carboxylic acids is 1. The number of carbonyl (C=O) groups excluding carboxylic acids is 1. The van der Waals surface area contributed by atoms with Crippen LogP contribution >= 0.6 is 0 Å². The van der Waals surface area contributed by atoms with Gasteiger partial charge in [-0.15, -0.1) is 0 Å². The van der Waals surface area contributed by atoms with Crippen molar-refractivity contribution in [3.63, 3.8) is 0 Å². The third-order valence-electron chi connectivity index (χ3n) is 5.79. The fraction of sp³-hybridized carbons (Fsp3) is 0.120. The lowest BCUT2D eigenvalue weighted by Gasteiger charge is -2.17. The molecule has 5 rings (SSSR count). The molecule has 0 saturated carbocycles. The Morgan fingerprint density at radius 2 is 1.55 bits per heavy atom. The van der Waals surface area contributed by atoms with E-state index in [1.165, 1.54) is 0 Å². The summed E-state index contributed by atoms with van der Waals surface area (Å²) in [5, 5.41) is 13.0. The average Bonchev–Trinajstić information content (AvgIpc) is 3.35. The first-order valence-electron chi connectivity index (χ1n) is 10.0. The molecule has 0 fully saturated rings. The minimum Gasteiger partial charge on any atom is -0.479 e. The highest BCUT2D eigenvalue weighted by atomic mass is 16.5. The van der Waals surface area contributed by atoms with Crippen LogP contribution in [0.2, 0.25) is 0 Å². The number of hydrogen-bond donors (Lipinski definition) is 3. The van der Waals surface area contributed by atoms with Crippen molar-refractivity contribution >= 4 is 23.0 Å². The predicted molar refractivity (Wildman–Crippen MR) is 117 cm³/mol. The molecule has 0 aliphatic heterocycles. The number of ether oxygens (including phenoxy) is 1. The Labute approximate surface area is 178 Å². The zero-order valence-corrected chi connectivity index (χ0v) is 16.5. The van der Waals surface area contributed by atoms with Crippen LogP contribution in [0.25, 0.3) is 22.0 Å². The highest BCUT2D eigenvalue weighted by molar-refractivity contribution is 5.91. The molecule has 0 unspecified atom stereocenters. The molecule has 1 aliphatic rings. The topological polar surface area (TPSA) is 91.4 Å². The van der Waals surface area contributed by atoms with Gasteiger partial charge in [0.2, 0.25) is 0 Å². The summed E-state index contributed by atoms with van der Waals surface area (Å²) in [6.45, 7) is 0.125. The zero-order valence-electron chi connectivity index (χ0n) is 16.5. The quantitative estimate of drug-likeness (QED) is 0.438. The van der Waals surface area contributed by atoms with Gasteiger partial charge in [-0.2, -0.15) is 0 Å². The summed E-state index contributed by atoms with van der Waals surface area (Å²) < 4.78 is 5.51. The van der Waals surface area contributed by atoms with Crippen molar-refractivity contribution in [2.45, 2.75) is 12.0 Å². The van der Waals surface area contributed by atoms with E-state index < -0.39 is 18.1 Å². The Morgan fingerprint density at radius 3 is 2.23 bits per heavy atom. The van der Waals surface area contributed by atoms with E-state index in [0.717, 1.165) is 33.2 Å². The van der Waals surface area contributed by atoms with Crippen molar-refractivity contribution in [2.75, 3.05) is 6.61 Å². The Bertz CT molecular complexity index is 1250. The van der Waals surface area contributed by atoms with Gasteiger partial charge in [0.1, 0.15) is 6.61 Å². The lowest BCUT2D eigenvalue weighted by molar-refractivity contribution is -0.139. The van der Waals surface area contributed by atoms with Crippen LogP contribution in [0.1, 0.15) is 28.7 Å². The molecule has 1 amide bonds. The number of rotatable bonds is 5. The van der Waals surface area contributed by atoms with Gasteiger partial charge in [-0.05, 0) is 28.3 Å². The summed E-state index contributed by atoms with van der Waals surface area (Å²) in [4.78, 5) is 27.5. The lowest BCUT2D eigenvalue weighted by Crippen LogP contribution is -2.34. The van der Waals surface area contributed by atoms with Crippen molar-refractivity contribution in [2.24, 2.45) is 0 Å². The monoisotopic (exact) mass is 412 g/mol. The smallest absolute Gasteiger partial charge is 0.408 e. The van der Waals surface area contributed by atoms with Gasteiger partial charge >= 0.3 is 12.1 Å². The average molecular weight is 412 g/mol. The van der Waals surface area contributed by atoms with Gasteiger partial charge in [-0.1, -0.05) is 66.7 Å². The van der Waals surface area contributed by atoms with Crippen LogP contribution in [-0.4, -0.2) is 28.8 Å². The Hall–Kier alpha value is -4.06. The number of aromatic nitrogens is 1. The highest BCUT2D eigenvalue weighted by Gasteiger charge is 2.30. The molecule has 154 valence electrons. The number of amides is 1. The minimum atomic E-state index is -1.22. The Balaban J connectivity index is 1.34. The number of carbonyl (C=O) groups is 2. The van der Waals surface area contributed by atoms with Crippen molar-refractivity contribution < 1.29 is 19.4 Å². The molecule has 1 heterocycles. The third kappa shape index (κ3) is 3.32.